The van der Waals surface area contributed by atoms with Gasteiger partial charge >= 0.3 is 0 Å². The van der Waals surface area contributed by atoms with Crippen molar-refractivity contribution in [2.45, 2.75) is 26.3 Å². The van der Waals surface area contributed by atoms with Crippen molar-refractivity contribution < 1.29 is 4.79 Å². The minimum absolute atomic E-state index is 0.0492. The van der Waals surface area contributed by atoms with Crippen LogP contribution in [0.3, 0.4) is 0 Å². The third kappa shape index (κ3) is 4.33. The Kier molecular flexibility index (Phi) is 6.04. The van der Waals surface area contributed by atoms with Gasteiger partial charge in [-0.05, 0) is 54.3 Å². The van der Waals surface area contributed by atoms with Gasteiger partial charge in [0, 0.05) is 36.1 Å². The van der Waals surface area contributed by atoms with E-state index in [0.29, 0.717) is 25.2 Å². The zero-order chi connectivity index (χ0) is 22.9. The summed E-state index contributed by atoms with van der Waals surface area (Å²) < 4.78 is 0. The lowest BCUT2D eigenvalue weighted by molar-refractivity contribution is 0.0674. The summed E-state index contributed by atoms with van der Waals surface area (Å²) in [7, 11) is 0. The van der Waals surface area contributed by atoms with Gasteiger partial charge in [0.25, 0.3) is 5.91 Å². The minimum atomic E-state index is 0.0492. The lowest BCUT2D eigenvalue weighted by atomic mass is 10.0. The molecule has 1 aliphatic rings. The Morgan fingerprint density at radius 2 is 1.79 bits per heavy atom. The number of hydrogen-bond donors (Lipinski definition) is 0. The maximum Gasteiger partial charge on any atom is 0.254 e. The topological polar surface area (TPSA) is 49.3 Å². The van der Waals surface area contributed by atoms with E-state index in [1.807, 2.05) is 47.4 Å². The van der Waals surface area contributed by atoms with Crippen molar-refractivity contribution in [3.63, 3.8) is 0 Å². The van der Waals surface area contributed by atoms with Crippen LogP contribution in [0.1, 0.15) is 29.1 Å². The second-order valence-electron chi connectivity index (χ2n) is 8.34. The Morgan fingerprint density at radius 1 is 1.06 bits per heavy atom. The normalized spacial score (nSPS) is 16.4. The van der Waals surface area contributed by atoms with E-state index < -0.39 is 0 Å². The number of piperazine rings is 1. The zero-order valence-corrected chi connectivity index (χ0v) is 20.2. The molecule has 0 saturated carbocycles. The molecule has 0 spiro atoms. The fraction of sp³-hybridized carbons (Fsp3) is 0.269. The van der Waals surface area contributed by atoms with Crippen molar-refractivity contribution in [3.05, 3.63) is 76.4 Å². The highest BCUT2D eigenvalue weighted by Crippen LogP contribution is 2.33. The Bertz CT molecular complexity index is 1290. The largest absolute Gasteiger partial charge is 0.352 e. The molecule has 1 saturated heterocycles. The second kappa shape index (κ2) is 9.12. The molecule has 7 heteroatoms. The highest BCUT2D eigenvalue weighted by Gasteiger charge is 2.30. The number of anilines is 1. The molecular formula is C26H25ClN4OS. The maximum absolute atomic E-state index is 13.3. The molecule has 3 heterocycles. The number of thiophene rings is 1. The van der Waals surface area contributed by atoms with E-state index >= 15 is 0 Å². The lowest BCUT2D eigenvalue weighted by Gasteiger charge is -2.40. The molecule has 1 fully saturated rings. The molecule has 5 rings (SSSR count). The van der Waals surface area contributed by atoms with E-state index in [2.05, 4.69) is 46.9 Å². The van der Waals surface area contributed by atoms with Crippen molar-refractivity contribution in [1.82, 2.24) is 14.9 Å². The quantitative estimate of drug-likeness (QED) is 0.343. The van der Waals surface area contributed by atoms with E-state index in [0.717, 1.165) is 33.6 Å². The number of hydrogen-bond acceptors (Lipinski definition) is 5. The number of carbonyl (C=O) groups excluding carboxylic acids is 1. The Hall–Kier alpha value is -2.96. The first-order valence-corrected chi connectivity index (χ1v) is 12.4. The SMILES string of the molecule is CCc1cc2c(N3CCN(C(=O)c4ccc(-c5ccccc5)cc4)[C@@H](C)C3)nc(Cl)nc2s1. The van der Waals surface area contributed by atoms with E-state index in [1.165, 1.54) is 4.88 Å². The fourth-order valence-electron chi connectivity index (χ4n) is 4.40. The number of aryl methyl sites for hydroxylation is 1. The molecule has 1 aliphatic heterocycles. The van der Waals surface area contributed by atoms with Gasteiger partial charge in [0.1, 0.15) is 10.6 Å². The van der Waals surface area contributed by atoms with E-state index in [-0.39, 0.29) is 17.2 Å². The molecule has 0 aliphatic carbocycles. The summed E-state index contributed by atoms with van der Waals surface area (Å²) in [5.41, 5.74) is 2.97. The summed E-state index contributed by atoms with van der Waals surface area (Å²) in [6, 6.07) is 20.3. The number of aromatic nitrogens is 2. The van der Waals surface area contributed by atoms with Crippen molar-refractivity contribution in [2.75, 3.05) is 24.5 Å². The molecule has 0 bridgehead atoms. The average Bonchev–Trinajstić information content (AvgIpc) is 3.27. The molecule has 1 atom stereocenters. The summed E-state index contributed by atoms with van der Waals surface area (Å²) in [6.07, 6.45) is 0.958. The van der Waals surface area contributed by atoms with E-state index in [9.17, 15) is 4.79 Å². The van der Waals surface area contributed by atoms with Crippen molar-refractivity contribution >= 4 is 44.9 Å². The molecular weight excluding hydrogens is 452 g/mol. The van der Waals surface area contributed by atoms with Crippen molar-refractivity contribution in [2.24, 2.45) is 0 Å². The fourth-order valence-corrected chi connectivity index (χ4v) is 5.58. The van der Waals surface area contributed by atoms with Gasteiger partial charge in [-0.25, -0.2) is 4.98 Å². The molecule has 0 radical (unpaired) electrons. The van der Waals surface area contributed by atoms with Gasteiger partial charge in [-0.2, -0.15) is 4.98 Å². The monoisotopic (exact) mass is 476 g/mol. The number of fused-ring (bicyclic) bond motifs is 1. The van der Waals surface area contributed by atoms with Gasteiger partial charge in [-0.3, -0.25) is 4.79 Å². The van der Waals surface area contributed by atoms with Crippen LogP contribution in [0.2, 0.25) is 5.28 Å². The van der Waals surface area contributed by atoms with Crippen LogP contribution in [0.4, 0.5) is 5.82 Å². The Morgan fingerprint density at radius 3 is 2.48 bits per heavy atom. The van der Waals surface area contributed by atoms with Crippen LogP contribution in [0, 0.1) is 0 Å². The molecule has 4 aromatic rings. The summed E-state index contributed by atoms with van der Waals surface area (Å²) in [5.74, 6) is 0.934. The third-order valence-corrected chi connectivity index (χ3v) is 7.51. The summed E-state index contributed by atoms with van der Waals surface area (Å²) in [4.78, 5) is 28.6. The third-order valence-electron chi connectivity index (χ3n) is 6.17. The minimum Gasteiger partial charge on any atom is -0.352 e. The molecule has 5 nitrogen and oxygen atoms in total. The van der Waals surface area contributed by atoms with Crippen molar-refractivity contribution in [1.29, 1.82) is 0 Å². The van der Waals surface area contributed by atoms with E-state index in [4.69, 9.17) is 11.6 Å². The number of benzene rings is 2. The van der Waals surface area contributed by atoms with Crippen LogP contribution in [0.5, 0.6) is 0 Å². The Labute approximate surface area is 202 Å². The summed E-state index contributed by atoms with van der Waals surface area (Å²) in [6.45, 7) is 6.27. The number of halogens is 1. The highest BCUT2D eigenvalue weighted by molar-refractivity contribution is 7.18. The van der Waals surface area contributed by atoms with Gasteiger partial charge in [-0.1, -0.05) is 49.4 Å². The number of carbonyl (C=O) groups is 1. The van der Waals surface area contributed by atoms with Gasteiger partial charge in [0.05, 0.1) is 5.39 Å². The zero-order valence-electron chi connectivity index (χ0n) is 18.7. The average molecular weight is 477 g/mol. The van der Waals surface area contributed by atoms with Gasteiger partial charge in [-0.15, -0.1) is 11.3 Å². The van der Waals surface area contributed by atoms with Crippen LogP contribution >= 0.6 is 22.9 Å². The molecule has 2 aromatic carbocycles. The van der Waals surface area contributed by atoms with Crippen LogP contribution in [-0.4, -0.2) is 46.5 Å². The number of amides is 1. The van der Waals surface area contributed by atoms with Gasteiger partial charge in [0.15, 0.2) is 0 Å². The maximum atomic E-state index is 13.3. The molecule has 0 unspecified atom stereocenters. The standard InChI is InChI=1S/C26H25ClN4OS/c1-3-21-15-22-23(28-26(27)29-24(22)33-21)30-13-14-31(17(2)16-30)25(32)20-11-9-19(10-12-20)18-7-5-4-6-8-18/h4-12,15,17H,3,13-14,16H2,1-2H3/t17-/m0/s1. The van der Waals surface area contributed by atoms with Crippen LogP contribution in [0.15, 0.2) is 60.7 Å². The van der Waals surface area contributed by atoms with Crippen LogP contribution < -0.4 is 4.90 Å². The lowest BCUT2D eigenvalue weighted by Crippen LogP contribution is -2.54. The van der Waals surface area contributed by atoms with E-state index in [1.54, 1.807) is 11.3 Å². The molecule has 33 heavy (non-hydrogen) atoms. The molecule has 2 aromatic heterocycles. The number of rotatable bonds is 4. The first kappa shape index (κ1) is 21.9. The number of nitrogens with zero attached hydrogens (tertiary/aromatic N) is 4. The second-order valence-corrected chi connectivity index (χ2v) is 9.79. The molecule has 1 amide bonds. The van der Waals surface area contributed by atoms with Gasteiger partial charge in [0.2, 0.25) is 5.28 Å². The molecule has 0 N–H and O–H groups in total. The van der Waals surface area contributed by atoms with Crippen molar-refractivity contribution in [3.8, 4) is 11.1 Å². The van der Waals surface area contributed by atoms with Crippen LogP contribution in [-0.2, 0) is 6.42 Å². The molecule has 168 valence electrons. The predicted molar refractivity (Wildman–Crippen MR) is 136 cm³/mol. The summed E-state index contributed by atoms with van der Waals surface area (Å²) in [5, 5.41) is 1.32. The first-order valence-electron chi connectivity index (χ1n) is 11.2. The van der Waals surface area contributed by atoms with Gasteiger partial charge < -0.3 is 9.80 Å². The highest BCUT2D eigenvalue weighted by atomic mass is 35.5. The predicted octanol–water partition coefficient (Wildman–Crippen LogP) is 5.93. The summed E-state index contributed by atoms with van der Waals surface area (Å²) >= 11 is 7.91. The Balaban J connectivity index is 1.33. The smallest absolute Gasteiger partial charge is 0.254 e. The van der Waals surface area contributed by atoms with Crippen LogP contribution in [0.25, 0.3) is 21.3 Å². The first-order chi connectivity index (χ1) is 16.0.